The quantitative estimate of drug-likeness (QED) is 0.748. The topological polar surface area (TPSA) is 28.7 Å². The van der Waals surface area contributed by atoms with Crippen molar-refractivity contribution in [3.63, 3.8) is 0 Å². The van der Waals surface area contributed by atoms with Gasteiger partial charge in [0, 0.05) is 12.5 Å². The summed E-state index contributed by atoms with van der Waals surface area (Å²) >= 11 is 3.18. The lowest BCUT2D eigenvalue weighted by Gasteiger charge is -2.03. The Balaban J connectivity index is 1.83. The molecule has 1 aromatic heterocycles. The zero-order chi connectivity index (χ0) is 14.1. The van der Waals surface area contributed by atoms with Gasteiger partial charge in [0.15, 0.2) is 0 Å². The van der Waals surface area contributed by atoms with Crippen LogP contribution in [-0.4, -0.2) is 9.97 Å². The van der Waals surface area contributed by atoms with Crippen LogP contribution in [0.1, 0.15) is 17.0 Å². The van der Waals surface area contributed by atoms with Crippen LogP contribution in [0.2, 0.25) is 0 Å². The van der Waals surface area contributed by atoms with Crippen molar-refractivity contribution in [3.8, 4) is 0 Å². The Bertz CT molecular complexity index is 725. The Morgan fingerprint density at radius 2 is 2.00 bits per heavy atom. The number of aryl methyl sites for hydroxylation is 3. The molecule has 102 valence electrons. The number of hydrogen-bond acceptors (Lipinski definition) is 1. The summed E-state index contributed by atoms with van der Waals surface area (Å²) in [5, 5.41) is 0. The molecule has 0 amide bonds. The van der Waals surface area contributed by atoms with Gasteiger partial charge in [-0.1, -0.05) is 24.3 Å². The molecule has 0 unspecified atom stereocenters. The molecule has 0 radical (unpaired) electrons. The van der Waals surface area contributed by atoms with Gasteiger partial charge in [-0.3, -0.25) is 0 Å². The van der Waals surface area contributed by atoms with E-state index in [9.17, 15) is 4.39 Å². The minimum atomic E-state index is -0.272. The minimum Gasteiger partial charge on any atom is -0.342 e. The van der Waals surface area contributed by atoms with E-state index in [1.807, 2.05) is 12.1 Å². The first kappa shape index (κ1) is 13.3. The average Bonchev–Trinajstić information content (AvgIpc) is 2.80. The third-order valence-electron chi connectivity index (χ3n) is 3.47. The molecule has 0 aliphatic carbocycles. The second-order valence-electron chi connectivity index (χ2n) is 4.89. The number of rotatable bonds is 3. The summed E-state index contributed by atoms with van der Waals surface area (Å²) in [5.41, 5.74) is 4.14. The normalized spacial score (nSPS) is 11.2. The van der Waals surface area contributed by atoms with Crippen molar-refractivity contribution in [1.82, 2.24) is 9.97 Å². The summed E-state index contributed by atoms with van der Waals surface area (Å²) in [4.78, 5) is 7.69. The molecule has 3 rings (SSSR count). The molecular weight excluding hydrogens is 319 g/mol. The molecule has 0 fully saturated rings. The van der Waals surface area contributed by atoms with E-state index in [0.29, 0.717) is 4.47 Å². The highest BCUT2D eigenvalue weighted by Crippen LogP contribution is 2.22. The van der Waals surface area contributed by atoms with Crippen LogP contribution >= 0.6 is 15.9 Å². The molecule has 4 heteroatoms. The minimum absolute atomic E-state index is 0.272. The van der Waals surface area contributed by atoms with Crippen LogP contribution in [0.5, 0.6) is 0 Å². The highest BCUT2D eigenvalue weighted by Gasteiger charge is 2.08. The molecule has 0 saturated heterocycles. The van der Waals surface area contributed by atoms with E-state index >= 15 is 0 Å². The number of aromatic amines is 1. The second-order valence-corrected chi connectivity index (χ2v) is 5.75. The maximum absolute atomic E-state index is 13.5. The summed E-state index contributed by atoms with van der Waals surface area (Å²) in [6.45, 7) is 2.11. The van der Waals surface area contributed by atoms with Crippen LogP contribution < -0.4 is 0 Å². The third-order valence-corrected chi connectivity index (χ3v) is 4.07. The van der Waals surface area contributed by atoms with E-state index in [1.165, 1.54) is 17.2 Å². The maximum atomic E-state index is 13.5. The predicted octanol–water partition coefficient (Wildman–Crippen LogP) is 4.56. The first-order valence-electron chi connectivity index (χ1n) is 6.51. The van der Waals surface area contributed by atoms with Crippen molar-refractivity contribution in [2.45, 2.75) is 19.8 Å². The van der Waals surface area contributed by atoms with Crippen LogP contribution in [0.25, 0.3) is 11.0 Å². The van der Waals surface area contributed by atoms with Crippen molar-refractivity contribution in [1.29, 1.82) is 0 Å². The number of nitrogens with one attached hydrogen (secondary N) is 1. The molecular formula is C16H14BrFN2. The van der Waals surface area contributed by atoms with Crippen molar-refractivity contribution >= 4 is 27.0 Å². The third kappa shape index (κ3) is 2.61. The average molecular weight is 333 g/mol. The van der Waals surface area contributed by atoms with Crippen LogP contribution in [0.3, 0.4) is 0 Å². The summed E-state index contributed by atoms with van der Waals surface area (Å²) in [6.07, 6.45) is 1.74. The molecule has 3 aromatic rings. The van der Waals surface area contributed by atoms with Crippen LogP contribution in [0, 0.1) is 12.7 Å². The number of H-pyrrole nitrogens is 1. The van der Waals surface area contributed by atoms with Crippen LogP contribution in [0.4, 0.5) is 4.39 Å². The zero-order valence-electron chi connectivity index (χ0n) is 11.1. The molecule has 1 N–H and O–H groups in total. The van der Waals surface area contributed by atoms with E-state index in [2.05, 4.69) is 45.0 Å². The van der Waals surface area contributed by atoms with Gasteiger partial charge >= 0.3 is 0 Å². The van der Waals surface area contributed by atoms with E-state index in [4.69, 9.17) is 0 Å². The van der Waals surface area contributed by atoms with Gasteiger partial charge in [-0.25, -0.2) is 9.37 Å². The maximum Gasteiger partial charge on any atom is 0.139 e. The largest absolute Gasteiger partial charge is 0.342 e. The Labute approximate surface area is 125 Å². The van der Waals surface area contributed by atoms with E-state index in [-0.39, 0.29) is 5.82 Å². The first-order valence-corrected chi connectivity index (χ1v) is 7.31. The van der Waals surface area contributed by atoms with Crippen molar-refractivity contribution in [2.75, 3.05) is 0 Å². The summed E-state index contributed by atoms with van der Waals surface area (Å²) in [7, 11) is 0. The SMILES string of the molecule is Cc1ccccc1CCc1nc2cc(Br)c(F)cc2[nH]1. The van der Waals surface area contributed by atoms with Gasteiger partial charge in [-0.2, -0.15) is 0 Å². The Hall–Kier alpha value is -1.68. The standard InChI is InChI=1S/C16H14BrFN2/c1-10-4-2-3-5-11(10)6-7-16-19-14-8-12(17)13(18)9-15(14)20-16/h2-5,8-9H,6-7H2,1H3,(H,19,20). The molecule has 0 bridgehead atoms. The smallest absolute Gasteiger partial charge is 0.139 e. The fourth-order valence-corrected chi connectivity index (χ4v) is 2.65. The predicted molar refractivity (Wildman–Crippen MR) is 82.3 cm³/mol. The highest BCUT2D eigenvalue weighted by molar-refractivity contribution is 9.10. The summed E-state index contributed by atoms with van der Waals surface area (Å²) in [6, 6.07) is 11.5. The number of nitrogens with zero attached hydrogens (tertiary/aromatic N) is 1. The van der Waals surface area contributed by atoms with Gasteiger partial charge in [0.05, 0.1) is 15.5 Å². The van der Waals surface area contributed by atoms with Gasteiger partial charge in [-0.15, -0.1) is 0 Å². The Morgan fingerprint density at radius 3 is 2.80 bits per heavy atom. The van der Waals surface area contributed by atoms with Gasteiger partial charge in [0.1, 0.15) is 11.6 Å². The number of halogens is 2. The zero-order valence-corrected chi connectivity index (χ0v) is 12.7. The number of hydrogen-bond donors (Lipinski definition) is 1. The van der Waals surface area contributed by atoms with E-state index < -0.39 is 0 Å². The molecule has 0 spiro atoms. The van der Waals surface area contributed by atoms with E-state index in [1.54, 1.807) is 6.07 Å². The van der Waals surface area contributed by atoms with Gasteiger partial charge in [0.2, 0.25) is 0 Å². The van der Waals surface area contributed by atoms with Crippen molar-refractivity contribution in [3.05, 3.63) is 63.6 Å². The molecule has 0 atom stereocenters. The molecule has 1 heterocycles. The van der Waals surface area contributed by atoms with Gasteiger partial charge in [0.25, 0.3) is 0 Å². The monoisotopic (exact) mass is 332 g/mol. The fraction of sp³-hybridized carbons (Fsp3) is 0.188. The Kier molecular flexibility index (Phi) is 3.57. The van der Waals surface area contributed by atoms with Gasteiger partial charge in [-0.05, 0) is 46.5 Å². The molecule has 2 nitrogen and oxygen atoms in total. The van der Waals surface area contributed by atoms with Crippen molar-refractivity contribution in [2.24, 2.45) is 0 Å². The molecule has 0 aliphatic heterocycles. The molecule has 20 heavy (non-hydrogen) atoms. The first-order chi connectivity index (χ1) is 9.63. The van der Waals surface area contributed by atoms with E-state index in [0.717, 1.165) is 29.7 Å². The number of aromatic nitrogens is 2. The van der Waals surface area contributed by atoms with Crippen LogP contribution in [0.15, 0.2) is 40.9 Å². The lowest BCUT2D eigenvalue weighted by molar-refractivity contribution is 0.623. The fourth-order valence-electron chi connectivity index (χ4n) is 2.32. The second kappa shape index (κ2) is 5.37. The summed E-state index contributed by atoms with van der Waals surface area (Å²) < 4.78 is 13.9. The number of imidazole rings is 1. The van der Waals surface area contributed by atoms with Crippen LogP contribution in [-0.2, 0) is 12.8 Å². The lowest BCUT2D eigenvalue weighted by Crippen LogP contribution is -1.95. The molecule has 0 saturated carbocycles. The lowest BCUT2D eigenvalue weighted by atomic mass is 10.0. The number of benzene rings is 2. The van der Waals surface area contributed by atoms with Crippen molar-refractivity contribution < 1.29 is 4.39 Å². The molecule has 2 aromatic carbocycles. The Morgan fingerprint density at radius 1 is 1.20 bits per heavy atom. The van der Waals surface area contributed by atoms with Gasteiger partial charge < -0.3 is 4.98 Å². The summed E-state index contributed by atoms with van der Waals surface area (Å²) in [5.74, 6) is 0.618. The number of fused-ring (bicyclic) bond motifs is 1. The molecule has 0 aliphatic rings. The highest BCUT2D eigenvalue weighted by atomic mass is 79.9.